The van der Waals surface area contributed by atoms with Crippen molar-refractivity contribution in [3.63, 3.8) is 0 Å². The van der Waals surface area contributed by atoms with Crippen molar-refractivity contribution in [2.45, 2.75) is 13.0 Å². The molecule has 0 bridgehead atoms. The first kappa shape index (κ1) is 12.6. The average Bonchev–Trinajstić information content (AvgIpc) is 2.16. The average molecular weight is 243 g/mol. The van der Waals surface area contributed by atoms with Gasteiger partial charge in [0.1, 0.15) is 12.3 Å². The first-order valence-corrected chi connectivity index (χ1v) is 6.74. The Kier molecular flexibility index (Phi) is 4.42. The molecule has 5 nitrogen and oxygen atoms in total. The maximum absolute atomic E-state index is 11.3. The first-order chi connectivity index (χ1) is 7.49. The van der Waals surface area contributed by atoms with Crippen LogP contribution in [-0.2, 0) is 21.2 Å². The summed E-state index contributed by atoms with van der Waals surface area (Å²) in [6, 6.07) is 5.64. The van der Waals surface area contributed by atoms with Crippen molar-refractivity contribution in [3.8, 4) is 0 Å². The van der Waals surface area contributed by atoms with Crippen molar-refractivity contribution in [3.05, 3.63) is 30.6 Å². The van der Waals surface area contributed by atoms with Crippen molar-refractivity contribution >= 4 is 15.7 Å². The van der Waals surface area contributed by atoms with E-state index in [1.807, 2.05) is 35.2 Å². The highest BCUT2D eigenvalue weighted by Gasteiger charge is 2.14. The van der Waals surface area contributed by atoms with Crippen LogP contribution in [0.3, 0.4) is 0 Å². The van der Waals surface area contributed by atoms with Crippen molar-refractivity contribution in [2.75, 3.05) is 11.5 Å². The van der Waals surface area contributed by atoms with E-state index < -0.39 is 21.5 Å². The van der Waals surface area contributed by atoms with Gasteiger partial charge < -0.3 is 5.73 Å². The maximum Gasteiger partial charge on any atom is 0.232 e. The molecular formula is C10H15N2O3S+. The number of aryl methyl sites for hydroxylation is 1. The largest absolute Gasteiger partial charge is 0.369 e. The van der Waals surface area contributed by atoms with Crippen LogP contribution in [0.25, 0.3) is 0 Å². The Hall–Kier alpha value is -1.43. The smallest absolute Gasteiger partial charge is 0.232 e. The fourth-order valence-corrected chi connectivity index (χ4v) is 2.49. The van der Waals surface area contributed by atoms with E-state index in [4.69, 9.17) is 5.73 Å². The SMILES string of the molecule is NC(=O)CS(=O)(=O)CCC[n+]1ccccc1. The van der Waals surface area contributed by atoms with Gasteiger partial charge in [-0.15, -0.1) is 0 Å². The molecule has 0 atom stereocenters. The highest BCUT2D eigenvalue weighted by atomic mass is 32.2. The van der Waals surface area contributed by atoms with Gasteiger partial charge in [0, 0.05) is 18.6 Å². The molecule has 1 heterocycles. The fraction of sp³-hybridized carbons (Fsp3) is 0.400. The zero-order valence-electron chi connectivity index (χ0n) is 8.87. The van der Waals surface area contributed by atoms with Crippen molar-refractivity contribution in [2.24, 2.45) is 5.73 Å². The zero-order chi connectivity index (χ0) is 12.0. The molecular weight excluding hydrogens is 228 g/mol. The van der Waals surface area contributed by atoms with Crippen LogP contribution in [-0.4, -0.2) is 25.8 Å². The number of amides is 1. The molecule has 0 aliphatic heterocycles. The maximum atomic E-state index is 11.3. The minimum Gasteiger partial charge on any atom is -0.369 e. The van der Waals surface area contributed by atoms with E-state index >= 15 is 0 Å². The number of hydrogen-bond acceptors (Lipinski definition) is 3. The Morgan fingerprint density at radius 3 is 2.38 bits per heavy atom. The number of pyridine rings is 1. The van der Waals surface area contributed by atoms with Crippen LogP contribution in [0.4, 0.5) is 0 Å². The number of carbonyl (C=O) groups excluding carboxylic acids is 1. The van der Waals surface area contributed by atoms with Gasteiger partial charge in [-0.25, -0.2) is 13.0 Å². The molecule has 16 heavy (non-hydrogen) atoms. The molecule has 0 spiro atoms. The van der Waals surface area contributed by atoms with E-state index in [1.165, 1.54) is 0 Å². The monoisotopic (exact) mass is 243 g/mol. The number of nitrogens with two attached hydrogens (primary N) is 1. The summed E-state index contributed by atoms with van der Waals surface area (Å²) >= 11 is 0. The molecule has 88 valence electrons. The second kappa shape index (κ2) is 5.60. The summed E-state index contributed by atoms with van der Waals surface area (Å²) in [7, 11) is -3.34. The number of rotatable bonds is 6. The Balaban J connectivity index is 2.39. The molecule has 1 amide bonds. The lowest BCUT2D eigenvalue weighted by Gasteiger charge is -1.99. The molecule has 0 aliphatic carbocycles. The van der Waals surface area contributed by atoms with Gasteiger partial charge in [0.2, 0.25) is 5.91 Å². The summed E-state index contributed by atoms with van der Waals surface area (Å²) < 4.78 is 24.5. The molecule has 0 unspecified atom stereocenters. The minimum atomic E-state index is -3.34. The molecule has 2 N–H and O–H groups in total. The molecule has 0 saturated heterocycles. The standard InChI is InChI=1S/C10H14N2O3S/c11-10(13)9-16(14,15)8-4-7-12-5-2-1-3-6-12/h1-3,5-6H,4,7-9H2,(H-,11,13)/p+1. The summed E-state index contributed by atoms with van der Waals surface area (Å²) in [6.07, 6.45) is 4.20. The van der Waals surface area contributed by atoms with Crippen LogP contribution in [0.5, 0.6) is 0 Å². The van der Waals surface area contributed by atoms with Gasteiger partial charge in [0.15, 0.2) is 22.2 Å². The second-order valence-electron chi connectivity index (χ2n) is 3.53. The van der Waals surface area contributed by atoms with Gasteiger partial charge in [-0.05, 0) is 0 Å². The predicted molar refractivity (Wildman–Crippen MR) is 59.1 cm³/mol. The summed E-state index contributed by atoms with van der Waals surface area (Å²) in [6.45, 7) is 0.610. The number of aromatic nitrogens is 1. The summed E-state index contributed by atoms with van der Waals surface area (Å²) in [5.74, 6) is -1.38. The Labute approximate surface area is 94.8 Å². The summed E-state index contributed by atoms with van der Waals surface area (Å²) in [5, 5.41) is 0. The van der Waals surface area contributed by atoms with Gasteiger partial charge in [0.05, 0.1) is 5.75 Å². The molecule has 1 rings (SSSR count). The first-order valence-electron chi connectivity index (χ1n) is 4.92. The molecule has 0 saturated carbocycles. The van der Waals surface area contributed by atoms with Crippen LogP contribution >= 0.6 is 0 Å². The van der Waals surface area contributed by atoms with E-state index in [-0.39, 0.29) is 5.75 Å². The van der Waals surface area contributed by atoms with E-state index in [1.54, 1.807) is 0 Å². The summed E-state index contributed by atoms with van der Waals surface area (Å²) in [5.41, 5.74) is 4.84. The highest BCUT2D eigenvalue weighted by Crippen LogP contribution is 1.93. The van der Waals surface area contributed by atoms with E-state index in [9.17, 15) is 13.2 Å². The van der Waals surface area contributed by atoms with Crippen LogP contribution in [0.1, 0.15) is 6.42 Å². The number of nitrogens with zero attached hydrogens (tertiary/aromatic N) is 1. The summed E-state index contributed by atoms with van der Waals surface area (Å²) in [4.78, 5) is 10.5. The fourth-order valence-electron chi connectivity index (χ4n) is 1.34. The molecule has 0 fully saturated rings. The quantitative estimate of drug-likeness (QED) is 0.668. The molecule has 6 heteroatoms. The third-order valence-corrected chi connectivity index (χ3v) is 3.65. The van der Waals surface area contributed by atoms with Crippen LogP contribution in [0, 0.1) is 0 Å². The number of hydrogen-bond donors (Lipinski definition) is 1. The van der Waals surface area contributed by atoms with Crippen LogP contribution < -0.4 is 10.3 Å². The third kappa shape index (κ3) is 4.88. The van der Waals surface area contributed by atoms with E-state index in [2.05, 4.69) is 0 Å². The van der Waals surface area contributed by atoms with Crippen molar-refractivity contribution in [1.82, 2.24) is 0 Å². The molecule has 0 aliphatic rings. The van der Waals surface area contributed by atoms with Gasteiger partial charge in [0.25, 0.3) is 0 Å². The lowest BCUT2D eigenvalue weighted by atomic mass is 10.4. The lowest BCUT2D eigenvalue weighted by molar-refractivity contribution is -0.696. The Bertz CT molecular complexity index is 442. The molecule has 1 aromatic rings. The number of carbonyl (C=O) groups is 1. The van der Waals surface area contributed by atoms with Crippen LogP contribution in [0.15, 0.2) is 30.6 Å². The van der Waals surface area contributed by atoms with E-state index in [0.717, 1.165) is 0 Å². The topological polar surface area (TPSA) is 81.1 Å². The van der Waals surface area contributed by atoms with Crippen LogP contribution in [0.2, 0.25) is 0 Å². The highest BCUT2D eigenvalue weighted by molar-refractivity contribution is 7.92. The normalized spacial score (nSPS) is 11.2. The minimum absolute atomic E-state index is 0.0160. The molecule has 0 aromatic carbocycles. The number of primary amides is 1. The van der Waals surface area contributed by atoms with Crippen molar-refractivity contribution in [1.29, 1.82) is 0 Å². The zero-order valence-corrected chi connectivity index (χ0v) is 9.69. The number of sulfone groups is 1. The van der Waals surface area contributed by atoms with Gasteiger partial charge >= 0.3 is 0 Å². The Morgan fingerprint density at radius 2 is 1.81 bits per heavy atom. The third-order valence-electron chi connectivity index (χ3n) is 2.01. The lowest BCUT2D eigenvalue weighted by Crippen LogP contribution is -2.34. The van der Waals surface area contributed by atoms with Crippen molar-refractivity contribution < 1.29 is 17.8 Å². The van der Waals surface area contributed by atoms with Gasteiger partial charge in [-0.3, -0.25) is 4.79 Å². The van der Waals surface area contributed by atoms with E-state index in [0.29, 0.717) is 13.0 Å². The van der Waals surface area contributed by atoms with Gasteiger partial charge in [-0.2, -0.15) is 0 Å². The second-order valence-corrected chi connectivity index (χ2v) is 5.71. The van der Waals surface area contributed by atoms with Gasteiger partial charge in [-0.1, -0.05) is 6.07 Å². The Morgan fingerprint density at radius 1 is 1.19 bits per heavy atom. The molecule has 1 aromatic heterocycles. The molecule has 0 radical (unpaired) electrons. The predicted octanol–water partition coefficient (Wildman–Crippen LogP) is -0.736.